The average molecular weight is 204 g/mol. The van der Waals surface area contributed by atoms with Crippen LogP contribution < -0.4 is 5.32 Å². The minimum absolute atomic E-state index is 0.371. The van der Waals surface area contributed by atoms with E-state index < -0.39 is 5.91 Å². The van der Waals surface area contributed by atoms with Gasteiger partial charge >= 0.3 is 0 Å². The number of amidine groups is 1. The highest BCUT2D eigenvalue weighted by Gasteiger charge is 2.46. The number of rotatable bonds is 0. The molecule has 1 spiro atoms. The number of fused-ring (bicyclic) bond motifs is 2. The van der Waals surface area contributed by atoms with Crippen LogP contribution in [0.4, 0.5) is 0 Å². The summed E-state index contributed by atoms with van der Waals surface area (Å²) in [7, 11) is 0. The first-order chi connectivity index (χ1) is 7.21. The molecule has 1 aromatic rings. The molecule has 0 atom stereocenters. The van der Waals surface area contributed by atoms with Gasteiger partial charge in [-0.3, -0.25) is 5.41 Å². The molecule has 1 aromatic carbocycles. The van der Waals surface area contributed by atoms with Crippen molar-refractivity contribution in [3.05, 3.63) is 34.9 Å². The molecule has 78 valence electrons. The maximum atomic E-state index is 7.85. The Morgan fingerprint density at radius 2 is 2.07 bits per heavy atom. The van der Waals surface area contributed by atoms with Crippen molar-refractivity contribution in [2.75, 3.05) is 13.2 Å². The molecule has 0 saturated carbocycles. The summed E-state index contributed by atoms with van der Waals surface area (Å²) in [5.41, 5.74) is 2.92. The lowest BCUT2D eigenvalue weighted by molar-refractivity contribution is -0.173. The molecule has 0 radical (unpaired) electrons. The smallest absolute Gasteiger partial charge is 0.279 e. The van der Waals surface area contributed by atoms with E-state index in [9.17, 15) is 0 Å². The Morgan fingerprint density at radius 1 is 1.33 bits per heavy atom. The Kier molecular flexibility index (Phi) is 1.66. The van der Waals surface area contributed by atoms with E-state index in [-0.39, 0.29) is 0 Å². The Morgan fingerprint density at radius 3 is 2.80 bits per heavy atom. The van der Waals surface area contributed by atoms with Gasteiger partial charge in [0, 0.05) is 11.1 Å². The quantitative estimate of drug-likeness (QED) is 0.665. The van der Waals surface area contributed by atoms with Crippen LogP contribution in [0.3, 0.4) is 0 Å². The summed E-state index contributed by atoms with van der Waals surface area (Å²) in [6.45, 7) is 3.14. The first kappa shape index (κ1) is 8.88. The van der Waals surface area contributed by atoms with Gasteiger partial charge < -0.3 is 14.8 Å². The minimum atomic E-state index is -0.889. The van der Waals surface area contributed by atoms with Gasteiger partial charge in [0.05, 0.1) is 13.2 Å². The molecule has 4 heteroatoms. The van der Waals surface area contributed by atoms with Gasteiger partial charge in [0.2, 0.25) is 0 Å². The van der Waals surface area contributed by atoms with Gasteiger partial charge in [-0.25, -0.2) is 0 Å². The van der Waals surface area contributed by atoms with Crippen LogP contribution in [0.1, 0.15) is 16.7 Å². The molecule has 0 unspecified atom stereocenters. The normalized spacial score (nSPS) is 21.8. The van der Waals surface area contributed by atoms with Gasteiger partial charge in [0.15, 0.2) is 0 Å². The van der Waals surface area contributed by atoms with Crippen molar-refractivity contribution in [1.29, 1.82) is 5.41 Å². The molecule has 3 rings (SSSR count). The molecule has 1 saturated heterocycles. The van der Waals surface area contributed by atoms with Crippen molar-refractivity contribution >= 4 is 5.84 Å². The summed E-state index contributed by atoms with van der Waals surface area (Å²) < 4.78 is 11.1. The van der Waals surface area contributed by atoms with Crippen molar-refractivity contribution in [3.8, 4) is 0 Å². The predicted molar refractivity (Wildman–Crippen MR) is 54.7 cm³/mol. The summed E-state index contributed by atoms with van der Waals surface area (Å²) in [6.07, 6.45) is 0. The molecule has 1 fully saturated rings. The minimum Gasteiger partial charge on any atom is -0.327 e. The van der Waals surface area contributed by atoms with Gasteiger partial charge in [-0.15, -0.1) is 0 Å². The number of aryl methyl sites for hydroxylation is 1. The number of nitrogens with one attached hydrogen (secondary N) is 2. The Balaban J connectivity index is 2.17. The highest BCUT2D eigenvalue weighted by atomic mass is 16.8. The van der Waals surface area contributed by atoms with Crippen LogP contribution in [-0.2, 0) is 15.4 Å². The fourth-order valence-corrected chi connectivity index (χ4v) is 2.09. The lowest BCUT2D eigenvalue weighted by Gasteiger charge is -2.22. The maximum Gasteiger partial charge on any atom is 0.279 e. The summed E-state index contributed by atoms with van der Waals surface area (Å²) in [4.78, 5) is 0. The molecule has 2 aliphatic heterocycles. The predicted octanol–water partition coefficient (Wildman–Crippen LogP) is 1.08. The van der Waals surface area contributed by atoms with Crippen molar-refractivity contribution in [1.82, 2.24) is 5.32 Å². The largest absolute Gasteiger partial charge is 0.327 e. The molecule has 15 heavy (non-hydrogen) atoms. The van der Waals surface area contributed by atoms with Crippen LogP contribution in [0.2, 0.25) is 0 Å². The molecule has 0 aromatic heterocycles. The third-order valence-corrected chi connectivity index (χ3v) is 2.78. The lowest BCUT2D eigenvalue weighted by atomic mass is 10.0. The summed E-state index contributed by atoms with van der Waals surface area (Å²) in [5.74, 6) is -0.518. The molecule has 0 aliphatic carbocycles. The Labute approximate surface area is 87.7 Å². The van der Waals surface area contributed by atoms with Crippen molar-refractivity contribution in [3.63, 3.8) is 0 Å². The summed E-state index contributed by atoms with van der Waals surface area (Å²) >= 11 is 0. The second-order valence-electron chi connectivity index (χ2n) is 3.86. The molecular weight excluding hydrogens is 192 g/mol. The van der Waals surface area contributed by atoms with Crippen LogP contribution in [0.5, 0.6) is 0 Å². The number of hydrogen-bond acceptors (Lipinski definition) is 3. The van der Waals surface area contributed by atoms with Gasteiger partial charge in [0.25, 0.3) is 5.91 Å². The van der Waals surface area contributed by atoms with Crippen LogP contribution in [0.15, 0.2) is 18.2 Å². The molecule has 0 amide bonds. The van der Waals surface area contributed by atoms with E-state index in [1.807, 2.05) is 25.1 Å². The van der Waals surface area contributed by atoms with E-state index in [0.29, 0.717) is 19.0 Å². The number of ether oxygens (including phenoxy) is 2. The topological polar surface area (TPSA) is 54.3 Å². The third-order valence-electron chi connectivity index (χ3n) is 2.78. The fourth-order valence-electron chi connectivity index (χ4n) is 2.09. The monoisotopic (exact) mass is 204 g/mol. The van der Waals surface area contributed by atoms with Crippen LogP contribution in [0.25, 0.3) is 0 Å². The molecule has 0 bridgehead atoms. The van der Waals surface area contributed by atoms with E-state index in [0.717, 1.165) is 16.7 Å². The SMILES string of the molecule is Cc1ccc2c(c1)C(=N)NC21OCCO1. The van der Waals surface area contributed by atoms with Crippen molar-refractivity contribution in [2.24, 2.45) is 0 Å². The van der Waals surface area contributed by atoms with E-state index in [2.05, 4.69) is 5.32 Å². The van der Waals surface area contributed by atoms with Gasteiger partial charge in [0.1, 0.15) is 5.84 Å². The highest BCUT2D eigenvalue weighted by Crippen LogP contribution is 2.36. The third kappa shape index (κ3) is 1.12. The second-order valence-corrected chi connectivity index (χ2v) is 3.86. The second kappa shape index (κ2) is 2.81. The summed E-state index contributed by atoms with van der Waals surface area (Å²) in [5, 5.41) is 10.8. The van der Waals surface area contributed by atoms with Crippen molar-refractivity contribution in [2.45, 2.75) is 12.8 Å². The standard InChI is InChI=1S/C11H12N2O2/c1-7-2-3-9-8(6-7)10(12)13-11(9)14-4-5-15-11/h2-3,6H,4-5H2,1H3,(H2,12,13). The first-order valence-electron chi connectivity index (χ1n) is 4.97. The van der Waals surface area contributed by atoms with Gasteiger partial charge in [-0.05, 0) is 13.0 Å². The molecule has 2 N–H and O–H groups in total. The first-order valence-corrected chi connectivity index (χ1v) is 4.97. The Bertz CT molecular complexity index is 436. The van der Waals surface area contributed by atoms with Crippen molar-refractivity contribution < 1.29 is 9.47 Å². The molecule has 4 nitrogen and oxygen atoms in total. The number of hydrogen-bond donors (Lipinski definition) is 2. The molecule has 2 heterocycles. The highest BCUT2D eigenvalue weighted by molar-refractivity contribution is 6.01. The zero-order valence-corrected chi connectivity index (χ0v) is 8.46. The van der Waals surface area contributed by atoms with E-state index in [1.54, 1.807) is 0 Å². The van der Waals surface area contributed by atoms with Crippen LogP contribution in [0, 0.1) is 12.3 Å². The lowest BCUT2D eigenvalue weighted by Crippen LogP contribution is -2.40. The maximum absolute atomic E-state index is 7.85. The molecule has 2 aliphatic rings. The Hall–Kier alpha value is -1.39. The van der Waals surface area contributed by atoms with Gasteiger partial charge in [-0.1, -0.05) is 17.7 Å². The fraction of sp³-hybridized carbons (Fsp3) is 0.364. The summed E-state index contributed by atoms with van der Waals surface area (Å²) in [6, 6.07) is 5.95. The van der Waals surface area contributed by atoms with E-state index in [1.165, 1.54) is 0 Å². The molecular formula is C11H12N2O2. The number of benzene rings is 1. The average Bonchev–Trinajstić information content (AvgIpc) is 2.76. The zero-order chi connectivity index (χ0) is 10.5. The zero-order valence-electron chi connectivity index (χ0n) is 8.46. The van der Waals surface area contributed by atoms with Crippen LogP contribution in [-0.4, -0.2) is 19.0 Å². The van der Waals surface area contributed by atoms with E-state index >= 15 is 0 Å². The van der Waals surface area contributed by atoms with Crippen LogP contribution >= 0.6 is 0 Å². The van der Waals surface area contributed by atoms with Gasteiger partial charge in [-0.2, -0.15) is 0 Å². The van der Waals surface area contributed by atoms with E-state index in [4.69, 9.17) is 14.9 Å².